The first-order valence-corrected chi connectivity index (χ1v) is 11.6. The van der Waals surface area contributed by atoms with Gasteiger partial charge in [-0.15, -0.1) is 0 Å². The maximum Gasteiger partial charge on any atom is 0.335 e. The minimum Gasteiger partial charge on any atom is -0.488 e. The van der Waals surface area contributed by atoms with Gasteiger partial charge in [-0.1, -0.05) is 59.1 Å². The number of aryl methyl sites for hydroxylation is 2. The van der Waals surface area contributed by atoms with Crippen LogP contribution in [-0.2, 0) is 16.2 Å². The summed E-state index contributed by atoms with van der Waals surface area (Å²) in [6, 6.07) is 17.0. The number of hydrogen-bond acceptors (Lipinski definition) is 4. The molecule has 1 saturated heterocycles. The van der Waals surface area contributed by atoms with Gasteiger partial charge in [0.15, 0.2) is 0 Å². The number of amides is 4. The minimum absolute atomic E-state index is 0.185. The third-order valence-corrected chi connectivity index (χ3v) is 6.08. The molecule has 3 aromatic carbocycles. The second kappa shape index (κ2) is 9.83. The van der Waals surface area contributed by atoms with Crippen molar-refractivity contribution >= 4 is 57.1 Å². The van der Waals surface area contributed by atoms with E-state index in [4.69, 9.17) is 16.3 Å². The molecule has 4 rings (SSSR count). The first kappa shape index (κ1) is 23.7. The number of urea groups is 1. The van der Waals surface area contributed by atoms with Crippen molar-refractivity contribution in [2.75, 3.05) is 4.90 Å². The molecule has 172 valence electrons. The van der Waals surface area contributed by atoms with Gasteiger partial charge < -0.3 is 4.74 Å². The Kier molecular flexibility index (Phi) is 6.86. The molecule has 0 aromatic heterocycles. The number of barbiturate groups is 1. The summed E-state index contributed by atoms with van der Waals surface area (Å²) >= 11 is 9.65. The van der Waals surface area contributed by atoms with E-state index in [1.807, 2.05) is 13.8 Å². The van der Waals surface area contributed by atoms with Crippen LogP contribution >= 0.6 is 27.5 Å². The maximum absolute atomic E-state index is 13.1. The normalized spacial score (nSPS) is 15.0. The number of nitrogens with zero attached hydrogens (tertiary/aromatic N) is 1. The molecule has 0 spiro atoms. The zero-order chi connectivity index (χ0) is 24.4. The summed E-state index contributed by atoms with van der Waals surface area (Å²) in [4.78, 5) is 38.7. The van der Waals surface area contributed by atoms with Crippen LogP contribution in [0.5, 0.6) is 5.75 Å². The van der Waals surface area contributed by atoms with Crippen molar-refractivity contribution < 1.29 is 19.1 Å². The summed E-state index contributed by atoms with van der Waals surface area (Å²) in [6.07, 6.45) is 1.42. The van der Waals surface area contributed by atoms with Crippen LogP contribution in [-0.4, -0.2) is 17.8 Å². The van der Waals surface area contributed by atoms with Gasteiger partial charge in [0.05, 0.1) is 15.2 Å². The summed E-state index contributed by atoms with van der Waals surface area (Å²) in [7, 11) is 0. The second-order valence-corrected chi connectivity index (χ2v) is 9.15. The van der Waals surface area contributed by atoms with E-state index in [1.54, 1.807) is 36.4 Å². The van der Waals surface area contributed by atoms with Gasteiger partial charge in [0.2, 0.25) is 0 Å². The van der Waals surface area contributed by atoms with Crippen LogP contribution < -0.4 is 15.0 Å². The van der Waals surface area contributed by atoms with Gasteiger partial charge in [0.25, 0.3) is 11.8 Å². The van der Waals surface area contributed by atoms with E-state index >= 15 is 0 Å². The number of anilines is 1. The smallest absolute Gasteiger partial charge is 0.335 e. The number of para-hydroxylation sites is 1. The first-order valence-electron chi connectivity index (χ1n) is 10.4. The molecule has 1 aliphatic rings. The van der Waals surface area contributed by atoms with Crippen LogP contribution in [0.4, 0.5) is 10.5 Å². The Labute approximate surface area is 210 Å². The summed E-state index contributed by atoms with van der Waals surface area (Å²) < 4.78 is 6.60. The third kappa shape index (κ3) is 5.05. The van der Waals surface area contributed by atoms with Gasteiger partial charge in [-0.05, 0) is 71.2 Å². The highest BCUT2D eigenvalue weighted by molar-refractivity contribution is 9.10. The molecule has 1 N–H and O–H groups in total. The topological polar surface area (TPSA) is 75.7 Å². The van der Waals surface area contributed by atoms with Crippen LogP contribution in [0, 0.1) is 13.8 Å². The molecular weight excluding hydrogens is 520 g/mol. The maximum atomic E-state index is 13.1. The Hall–Kier alpha value is -3.42. The van der Waals surface area contributed by atoms with Crippen molar-refractivity contribution in [1.29, 1.82) is 0 Å². The van der Waals surface area contributed by atoms with Gasteiger partial charge in [0, 0.05) is 0 Å². The number of carbonyl (C=O) groups excluding carboxylic acids is 3. The van der Waals surface area contributed by atoms with Crippen LogP contribution in [0.1, 0.15) is 22.3 Å². The molecule has 0 aliphatic carbocycles. The highest BCUT2D eigenvalue weighted by Crippen LogP contribution is 2.31. The molecule has 6 nitrogen and oxygen atoms in total. The third-order valence-electron chi connectivity index (χ3n) is 5.14. The Balaban J connectivity index is 1.57. The number of hydrogen-bond donors (Lipinski definition) is 1. The molecular formula is C26H20BrClN2O4. The Bertz CT molecular complexity index is 1330. The van der Waals surface area contributed by atoms with Gasteiger partial charge >= 0.3 is 6.03 Å². The zero-order valence-electron chi connectivity index (χ0n) is 18.4. The molecule has 1 aliphatic heterocycles. The zero-order valence-corrected chi connectivity index (χ0v) is 20.7. The van der Waals surface area contributed by atoms with Crippen molar-refractivity contribution in [1.82, 2.24) is 5.32 Å². The average Bonchev–Trinajstić information content (AvgIpc) is 2.76. The van der Waals surface area contributed by atoms with Gasteiger partial charge in [-0.25, -0.2) is 9.69 Å². The molecule has 3 aromatic rings. The van der Waals surface area contributed by atoms with Crippen molar-refractivity contribution in [3.05, 3.63) is 98.0 Å². The summed E-state index contributed by atoms with van der Waals surface area (Å²) in [6.45, 7) is 4.48. The molecule has 1 heterocycles. The van der Waals surface area contributed by atoms with E-state index in [0.717, 1.165) is 10.5 Å². The number of rotatable bonds is 5. The van der Waals surface area contributed by atoms with E-state index < -0.39 is 17.8 Å². The molecule has 0 atom stereocenters. The highest BCUT2D eigenvalue weighted by atomic mass is 79.9. The SMILES string of the molecule is Cc1cc(C)cc(COc2ccc(/C=C3\C(=O)NC(=O)N(c4ccccc4Cl)C3=O)cc2Br)c1. The number of ether oxygens (including phenoxy) is 1. The van der Waals surface area contributed by atoms with Crippen molar-refractivity contribution in [2.45, 2.75) is 20.5 Å². The molecule has 0 saturated carbocycles. The quantitative estimate of drug-likeness (QED) is 0.320. The Morgan fingerprint density at radius 1 is 1.00 bits per heavy atom. The summed E-state index contributed by atoms with van der Waals surface area (Å²) in [5.74, 6) is -0.911. The lowest BCUT2D eigenvalue weighted by Crippen LogP contribution is -2.54. The molecule has 34 heavy (non-hydrogen) atoms. The number of carbonyl (C=O) groups is 3. The number of imide groups is 2. The molecule has 0 radical (unpaired) electrons. The van der Waals surface area contributed by atoms with Gasteiger partial charge in [-0.3, -0.25) is 14.9 Å². The van der Waals surface area contributed by atoms with E-state index in [0.29, 0.717) is 22.4 Å². The van der Waals surface area contributed by atoms with Crippen LogP contribution in [0.3, 0.4) is 0 Å². The van der Waals surface area contributed by atoms with Crippen molar-refractivity contribution in [3.63, 3.8) is 0 Å². The lowest BCUT2D eigenvalue weighted by atomic mass is 10.1. The first-order chi connectivity index (χ1) is 16.2. The van der Waals surface area contributed by atoms with E-state index in [-0.39, 0.29) is 16.3 Å². The molecule has 1 fully saturated rings. The fourth-order valence-corrected chi connectivity index (χ4v) is 4.44. The minimum atomic E-state index is -0.850. The Morgan fingerprint density at radius 3 is 2.38 bits per heavy atom. The standard InChI is InChI=1S/C26H20BrClN2O4/c1-15-9-16(2)11-18(10-15)14-34-23-8-7-17(13-20(23)27)12-19-24(31)29-26(33)30(25(19)32)22-6-4-3-5-21(22)28/h3-13H,14H2,1-2H3,(H,29,31,33)/b19-12+. The fraction of sp³-hybridized carbons (Fsp3) is 0.115. The van der Waals surface area contributed by atoms with Crippen molar-refractivity contribution in [3.8, 4) is 5.75 Å². The predicted octanol–water partition coefficient (Wildman–Crippen LogP) is 5.96. The van der Waals surface area contributed by atoms with E-state index in [1.165, 1.54) is 23.3 Å². The van der Waals surface area contributed by atoms with E-state index in [2.05, 4.69) is 39.4 Å². The predicted molar refractivity (Wildman–Crippen MR) is 135 cm³/mol. The molecule has 0 bridgehead atoms. The molecule has 4 amide bonds. The Morgan fingerprint density at radius 2 is 1.71 bits per heavy atom. The number of nitrogens with one attached hydrogen (secondary N) is 1. The molecule has 8 heteroatoms. The van der Waals surface area contributed by atoms with E-state index in [9.17, 15) is 14.4 Å². The fourth-order valence-electron chi connectivity index (χ4n) is 3.71. The van der Waals surface area contributed by atoms with Crippen LogP contribution in [0.25, 0.3) is 6.08 Å². The van der Waals surface area contributed by atoms with Gasteiger partial charge in [-0.2, -0.15) is 0 Å². The monoisotopic (exact) mass is 538 g/mol. The summed E-state index contributed by atoms with van der Waals surface area (Å²) in [5.41, 5.74) is 3.98. The highest BCUT2D eigenvalue weighted by Gasteiger charge is 2.37. The lowest BCUT2D eigenvalue weighted by molar-refractivity contribution is -0.122. The van der Waals surface area contributed by atoms with Crippen LogP contribution in [0.15, 0.2) is 70.7 Å². The largest absolute Gasteiger partial charge is 0.488 e. The van der Waals surface area contributed by atoms with Gasteiger partial charge in [0.1, 0.15) is 17.9 Å². The van der Waals surface area contributed by atoms with Crippen molar-refractivity contribution in [2.24, 2.45) is 0 Å². The lowest BCUT2D eigenvalue weighted by Gasteiger charge is -2.27. The second-order valence-electron chi connectivity index (χ2n) is 7.88. The number of halogens is 2. The molecule has 0 unspecified atom stereocenters. The number of benzene rings is 3. The summed E-state index contributed by atoms with van der Waals surface area (Å²) in [5, 5.41) is 2.41. The average molecular weight is 540 g/mol. The van der Waals surface area contributed by atoms with Crippen LogP contribution in [0.2, 0.25) is 5.02 Å².